The second kappa shape index (κ2) is 6.57. The molecule has 0 aliphatic rings. The van der Waals surface area contributed by atoms with Gasteiger partial charge in [-0.3, -0.25) is 4.79 Å². The molecule has 0 atom stereocenters. The van der Waals surface area contributed by atoms with E-state index in [-0.39, 0.29) is 11.7 Å². The van der Waals surface area contributed by atoms with Crippen LogP contribution in [-0.2, 0) is 0 Å². The highest BCUT2D eigenvalue weighted by molar-refractivity contribution is 6.05. The lowest BCUT2D eigenvalue weighted by Gasteiger charge is -2.09. The van der Waals surface area contributed by atoms with E-state index >= 15 is 0 Å². The summed E-state index contributed by atoms with van der Waals surface area (Å²) in [6, 6.07) is 16.7. The van der Waals surface area contributed by atoms with E-state index in [2.05, 4.69) is 15.4 Å². The van der Waals surface area contributed by atoms with Gasteiger partial charge in [-0.15, -0.1) is 0 Å². The number of amides is 1. The number of anilines is 1. The molecule has 0 unspecified atom stereocenters. The Labute approximate surface area is 156 Å². The highest BCUT2D eigenvalue weighted by Crippen LogP contribution is 2.25. The number of nitrogens with one attached hydrogen (secondary N) is 1. The molecule has 2 aromatic heterocycles. The Morgan fingerprint density at radius 1 is 1.07 bits per heavy atom. The first-order chi connectivity index (χ1) is 13.0. The first-order valence-corrected chi connectivity index (χ1v) is 8.55. The van der Waals surface area contributed by atoms with Gasteiger partial charge < -0.3 is 10.4 Å². The second-order valence-corrected chi connectivity index (χ2v) is 6.39. The molecule has 0 aliphatic carbocycles. The Kier molecular flexibility index (Phi) is 4.08. The Bertz CT molecular complexity index is 1160. The molecule has 6 heteroatoms. The normalized spacial score (nSPS) is 10.9. The van der Waals surface area contributed by atoms with Crippen LogP contribution in [0.1, 0.15) is 21.6 Å². The Hall–Kier alpha value is -3.67. The topological polar surface area (TPSA) is 80.0 Å². The van der Waals surface area contributed by atoms with E-state index in [1.165, 1.54) is 6.20 Å². The number of fused-ring (bicyclic) bond motifs is 1. The average Bonchev–Trinajstić information content (AvgIpc) is 3.06. The van der Waals surface area contributed by atoms with Gasteiger partial charge in [-0.1, -0.05) is 24.3 Å². The maximum absolute atomic E-state index is 12.7. The van der Waals surface area contributed by atoms with Gasteiger partial charge in [0.05, 0.1) is 28.7 Å². The monoisotopic (exact) mass is 358 g/mol. The molecule has 0 radical (unpaired) electrons. The molecule has 4 aromatic rings. The summed E-state index contributed by atoms with van der Waals surface area (Å²) in [7, 11) is 0. The van der Waals surface area contributed by atoms with Crippen molar-refractivity contribution in [3.05, 3.63) is 77.6 Å². The fraction of sp³-hybridized carbons (Fsp3) is 0.0952. The lowest BCUT2D eigenvalue weighted by molar-refractivity contribution is 0.102. The third-order valence-electron chi connectivity index (χ3n) is 4.46. The maximum Gasteiger partial charge on any atom is 0.259 e. The minimum absolute atomic E-state index is 0.0233. The number of rotatable bonds is 3. The van der Waals surface area contributed by atoms with Gasteiger partial charge in [-0.25, -0.2) is 9.67 Å². The Balaban J connectivity index is 1.66. The highest BCUT2D eigenvalue weighted by Gasteiger charge is 2.17. The van der Waals surface area contributed by atoms with Gasteiger partial charge in [0.2, 0.25) is 0 Å². The molecule has 2 aromatic carbocycles. The number of carbonyl (C=O) groups excluding carboxylic acids is 1. The molecule has 0 fully saturated rings. The first kappa shape index (κ1) is 16.8. The molecule has 2 N–H and O–H groups in total. The van der Waals surface area contributed by atoms with E-state index in [1.54, 1.807) is 22.9 Å². The molecule has 0 spiro atoms. The van der Waals surface area contributed by atoms with Crippen molar-refractivity contribution in [2.24, 2.45) is 0 Å². The number of benzene rings is 2. The minimum Gasteiger partial charge on any atom is -0.506 e. The molecule has 0 saturated heterocycles. The number of nitrogens with zero attached hydrogens (tertiary/aromatic N) is 3. The summed E-state index contributed by atoms with van der Waals surface area (Å²) in [4.78, 5) is 17.3. The van der Waals surface area contributed by atoms with Crippen LogP contribution in [0.2, 0.25) is 0 Å². The zero-order valence-electron chi connectivity index (χ0n) is 15.0. The Morgan fingerprint density at radius 3 is 2.74 bits per heavy atom. The Morgan fingerprint density at radius 2 is 1.89 bits per heavy atom. The number of aromatic hydroxyl groups is 1. The molecular weight excluding hydrogens is 340 g/mol. The van der Waals surface area contributed by atoms with Crippen molar-refractivity contribution in [3.8, 4) is 11.6 Å². The predicted octanol–water partition coefficient (Wildman–Crippen LogP) is 4.00. The fourth-order valence-electron chi connectivity index (χ4n) is 2.98. The minimum atomic E-state index is -0.333. The number of aryl methyl sites for hydroxylation is 1. The largest absolute Gasteiger partial charge is 0.506 e. The molecule has 0 aliphatic heterocycles. The van der Waals surface area contributed by atoms with Crippen molar-refractivity contribution < 1.29 is 9.90 Å². The summed E-state index contributed by atoms with van der Waals surface area (Å²) in [6.45, 7) is 3.71. The summed E-state index contributed by atoms with van der Waals surface area (Å²) >= 11 is 0. The maximum atomic E-state index is 12.7. The number of carbonyl (C=O) groups is 1. The molecule has 4 rings (SSSR count). The van der Waals surface area contributed by atoms with Gasteiger partial charge >= 0.3 is 0 Å². The number of aromatic nitrogens is 3. The summed E-state index contributed by atoms with van der Waals surface area (Å²) in [6.07, 6.45) is 1.51. The van der Waals surface area contributed by atoms with Crippen molar-refractivity contribution in [2.75, 3.05) is 5.32 Å². The van der Waals surface area contributed by atoms with E-state index in [0.717, 1.165) is 16.5 Å². The lowest BCUT2D eigenvalue weighted by atomic mass is 10.2. The number of phenols is 1. The summed E-state index contributed by atoms with van der Waals surface area (Å²) in [5.74, 6) is 0.333. The van der Waals surface area contributed by atoms with E-state index in [4.69, 9.17) is 0 Å². The standard InChI is InChI=1S/C21H18N4O2/c1-13-7-9-19(26)18(11-13)24-21(27)16-12-22-25(14(16)2)20-10-8-15-5-3-4-6-17(15)23-20/h3-12,26H,1-2H3,(H,24,27). The lowest BCUT2D eigenvalue weighted by Crippen LogP contribution is -2.13. The molecule has 0 bridgehead atoms. The van der Waals surface area contributed by atoms with Crippen molar-refractivity contribution in [3.63, 3.8) is 0 Å². The van der Waals surface area contributed by atoms with Gasteiger partial charge in [-0.2, -0.15) is 5.10 Å². The zero-order valence-corrected chi connectivity index (χ0v) is 15.0. The third-order valence-corrected chi connectivity index (χ3v) is 4.46. The molecule has 134 valence electrons. The van der Waals surface area contributed by atoms with Crippen molar-refractivity contribution in [1.82, 2.24) is 14.8 Å². The smallest absolute Gasteiger partial charge is 0.259 e. The molecule has 1 amide bonds. The highest BCUT2D eigenvalue weighted by atomic mass is 16.3. The number of hydrogen-bond donors (Lipinski definition) is 2. The van der Waals surface area contributed by atoms with Crippen LogP contribution in [0, 0.1) is 13.8 Å². The number of hydrogen-bond acceptors (Lipinski definition) is 4. The number of phenolic OH excluding ortho intramolecular Hbond substituents is 1. The number of para-hydroxylation sites is 1. The van der Waals surface area contributed by atoms with Crippen LogP contribution in [0.15, 0.2) is 60.8 Å². The van der Waals surface area contributed by atoms with Gasteiger partial charge in [0.15, 0.2) is 5.82 Å². The molecule has 2 heterocycles. The van der Waals surface area contributed by atoms with E-state index in [0.29, 0.717) is 22.8 Å². The quantitative estimate of drug-likeness (QED) is 0.543. The van der Waals surface area contributed by atoms with Crippen LogP contribution in [0.25, 0.3) is 16.7 Å². The summed E-state index contributed by atoms with van der Waals surface area (Å²) in [5, 5.41) is 18.0. The van der Waals surface area contributed by atoms with Crippen LogP contribution < -0.4 is 5.32 Å². The van der Waals surface area contributed by atoms with Crippen LogP contribution in [0.3, 0.4) is 0 Å². The van der Waals surface area contributed by atoms with Gasteiger partial charge in [0.25, 0.3) is 5.91 Å². The second-order valence-electron chi connectivity index (χ2n) is 6.39. The van der Waals surface area contributed by atoms with Gasteiger partial charge in [0, 0.05) is 5.39 Å². The van der Waals surface area contributed by atoms with Gasteiger partial charge in [-0.05, 0) is 49.7 Å². The van der Waals surface area contributed by atoms with Crippen molar-refractivity contribution >= 4 is 22.5 Å². The fourth-order valence-corrected chi connectivity index (χ4v) is 2.98. The van der Waals surface area contributed by atoms with Crippen LogP contribution in [-0.4, -0.2) is 25.8 Å². The average molecular weight is 358 g/mol. The van der Waals surface area contributed by atoms with E-state index < -0.39 is 0 Å². The van der Waals surface area contributed by atoms with Crippen LogP contribution in [0.5, 0.6) is 5.75 Å². The molecule has 27 heavy (non-hydrogen) atoms. The number of pyridine rings is 1. The van der Waals surface area contributed by atoms with E-state index in [1.807, 2.05) is 50.2 Å². The van der Waals surface area contributed by atoms with Gasteiger partial charge in [0.1, 0.15) is 5.75 Å². The third kappa shape index (κ3) is 3.13. The SMILES string of the molecule is Cc1ccc(O)c(NC(=O)c2cnn(-c3ccc4ccccc4n3)c2C)c1. The first-order valence-electron chi connectivity index (χ1n) is 8.55. The van der Waals surface area contributed by atoms with Crippen molar-refractivity contribution in [2.45, 2.75) is 13.8 Å². The van der Waals surface area contributed by atoms with Crippen molar-refractivity contribution in [1.29, 1.82) is 0 Å². The molecular formula is C21H18N4O2. The zero-order chi connectivity index (χ0) is 19.0. The van der Waals surface area contributed by atoms with Crippen LogP contribution >= 0.6 is 0 Å². The summed E-state index contributed by atoms with van der Waals surface area (Å²) in [5.41, 5.74) is 3.26. The summed E-state index contributed by atoms with van der Waals surface area (Å²) < 4.78 is 1.64. The predicted molar refractivity (Wildman–Crippen MR) is 104 cm³/mol. The molecule has 6 nitrogen and oxygen atoms in total. The van der Waals surface area contributed by atoms with Crippen LogP contribution in [0.4, 0.5) is 5.69 Å². The molecule has 0 saturated carbocycles. The van der Waals surface area contributed by atoms with E-state index in [9.17, 15) is 9.90 Å².